The molecular weight excluding hydrogens is 624 g/mol. The number of amides is 1. The third-order valence-electron chi connectivity index (χ3n) is 8.61. The SMILES string of the molecule is CC(C)C[C@@H]1NC(=O)C[C@H]2O[C@H](Cn3cc(nn3)COC1=O)[C@@H](OCc1ccccc1)[C@H](OCc1ccccc1)[C@H]2OCc1ccccc1. The second kappa shape index (κ2) is 16.8. The number of hydrogen-bond donors (Lipinski definition) is 1. The molecule has 1 fully saturated rings. The molecule has 0 radical (unpaired) electrons. The predicted molar refractivity (Wildman–Crippen MR) is 180 cm³/mol. The number of nitrogens with zero attached hydrogens (tertiary/aromatic N) is 3. The van der Waals surface area contributed by atoms with E-state index in [4.69, 9.17) is 23.7 Å². The van der Waals surface area contributed by atoms with Crippen LogP contribution >= 0.6 is 0 Å². The van der Waals surface area contributed by atoms with Crippen molar-refractivity contribution in [3.8, 4) is 0 Å². The van der Waals surface area contributed by atoms with Gasteiger partial charge in [-0.3, -0.25) is 4.79 Å². The van der Waals surface area contributed by atoms with Crippen molar-refractivity contribution in [2.45, 2.75) is 96.2 Å². The maximum Gasteiger partial charge on any atom is 0.329 e. The van der Waals surface area contributed by atoms with Crippen LogP contribution in [-0.2, 0) is 66.2 Å². The lowest BCUT2D eigenvalue weighted by atomic mass is 9.91. The molecule has 258 valence electrons. The van der Waals surface area contributed by atoms with Crippen LogP contribution in [0.1, 0.15) is 49.1 Å². The van der Waals surface area contributed by atoms with Crippen LogP contribution in [0.5, 0.6) is 0 Å². The zero-order chi connectivity index (χ0) is 34.0. The van der Waals surface area contributed by atoms with Crippen LogP contribution < -0.4 is 5.32 Å². The minimum Gasteiger partial charge on any atom is -0.458 e. The maximum absolute atomic E-state index is 13.7. The molecule has 11 nitrogen and oxygen atoms in total. The second-order valence-corrected chi connectivity index (χ2v) is 13.0. The van der Waals surface area contributed by atoms with Crippen LogP contribution in [0.15, 0.2) is 97.2 Å². The molecule has 3 heterocycles. The molecule has 49 heavy (non-hydrogen) atoms. The number of hydrogen-bond acceptors (Lipinski definition) is 9. The van der Waals surface area contributed by atoms with Gasteiger partial charge in [-0.1, -0.05) is 110 Å². The number of aromatic nitrogens is 3. The summed E-state index contributed by atoms with van der Waals surface area (Å²) < 4.78 is 34.1. The van der Waals surface area contributed by atoms with Gasteiger partial charge in [0, 0.05) is 0 Å². The van der Waals surface area contributed by atoms with Crippen molar-refractivity contribution in [3.63, 3.8) is 0 Å². The molecule has 3 aromatic carbocycles. The first-order valence-electron chi connectivity index (χ1n) is 16.9. The first kappa shape index (κ1) is 34.4. The first-order valence-corrected chi connectivity index (χ1v) is 16.9. The van der Waals surface area contributed by atoms with Crippen LogP contribution in [0, 0.1) is 5.92 Å². The topological polar surface area (TPSA) is 123 Å². The second-order valence-electron chi connectivity index (χ2n) is 13.0. The zero-order valence-electron chi connectivity index (χ0n) is 27.9. The van der Waals surface area contributed by atoms with Gasteiger partial charge in [0.25, 0.3) is 0 Å². The van der Waals surface area contributed by atoms with Gasteiger partial charge >= 0.3 is 5.97 Å². The molecule has 0 spiro atoms. The Hall–Kier alpha value is -4.42. The van der Waals surface area contributed by atoms with Crippen molar-refractivity contribution in [3.05, 3.63) is 120 Å². The quantitative estimate of drug-likeness (QED) is 0.225. The summed E-state index contributed by atoms with van der Waals surface area (Å²) >= 11 is 0. The number of carbonyl (C=O) groups is 2. The lowest BCUT2D eigenvalue weighted by Gasteiger charge is -2.46. The van der Waals surface area contributed by atoms with E-state index in [0.29, 0.717) is 25.3 Å². The van der Waals surface area contributed by atoms with Gasteiger partial charge in [0.15, 0.2) is 0 Å². The lowest BCUT2D eigenvalue weighted by Crippen LogP contribution is -2.61. The van der Waals surface area contributed by atoms with Gasteiger partial charge in [0.1, 0.15) is 42.8 Å². The van der Waals surface area contributed by atoms with Gasteiger partial charge < -0.3 is 29.0 Å². The molecule has 1 N–H and O–H groups in total. The highest BCUT2D eigenvalue weighted by molar-refractivity contribution is 5.84. The number of esters is 1. The van der Waals surface area contributed by atoms with E-state index in [0.717, 1.165) is 16.7 Å². The predicted octanol–water partition coefficient (Wildman–Crippen LogP) is 4.78. The number of benzene rings is 3. The largest absolute Gasteiger partial charge is 0.458 e. The first-order chi connectivity index (χ1) is 23.9. The van der Waals surface area contributed by atoms with E-state index < -0.39 is 42.5 Å². The fraction of sp³-hybridized carbons (Fsp3) is 0.421. The Labute approximate surface area is 286 Å². The number of nitrogens with one attached hydrogen (secondary N) is 1. The van der Waals surface area contributed by atoms with Gasteiger partial charge in [-0.2, -0.15) is 0 Å². The minimum atomic E-state index is -0.833. The van der Waals surface area contributed by atoms with E-state index in [9.17, 15) is 9.59 Å². The number of ether oxygens (including phenoxy) is 5. The Bertz CT molecular complexity index is 1620. The van der Waals surface area contributed by atoms with Crippen LogP contribution in [0.25, 0.3) is 0 Å². The molecule has 1 aromatic heterocycles. The monoisotopic (exact) mass is 668 g/mol. The zero-order valence-corrected chi connectivity index (χ0v) is 27.9. The van der Waals surface area contributed by atoms with Gasteiger partial charge in [-0.15, -0.1) is 5.10 Å². The van der Waals surface area contributed by atoms with Crippen molar-refractivity contribution in [1.29, 1.82) is 0 Å². The molecule has 1 saturated heterocycles. The van der Waals surface area contributed by atoms with E-state index in [-0.39, 0.29) is 38.0 Å². The van der Waals surface area contributed by atoms with Crippen LogP contribution in [-0.4, -0.2) is 63.4 Å². The standard InChI is InChI=1S/C38H44N4O7/c1-26(2)18-31-38(44)48-25-30-20-42(41-40-30)21-33-36(46-23-28-14-8-4-9-15-28)37(47-24-29-16-10-5-11-17-29)35(32(49-33)19-34(43)39-31)45-22-27-12-6-3-7-13-27/h3-17,20,26,31-33,35-37H,18-19,21-25H2,1-2H3,(H,39,43)/t31-,32+,33+,35-,36+,37+/m0/s1. The maximum atomic E-state index is 13.7. The molecule has 0 unspecified atom stereocenters. The normalized spacial score (nSPS) is 24.6. The third kappa shape index (κ3) is 9.60. The highest BCUT2D eigenvalue weighted by Crippen LogP contribution is 2.33. The summed E-state index contributed by atoms with van der Waals surface area (Å²) in [5.41, 5.74) is 3.43. The average Bonchev–Trinajstić information content (AvgIpc) is 3.56. The molecule has 4 aromatic rings. The smallest absolute Gasteiger partial charge is 0.329 e. The highest BCUT2D eigenvalue weighted by Gasteiger charge is 2.49. The van der Waals surface area contributed by atoms with Gasteiger partial charge in [-0.05, 0) is 29.0 Å². The Morgan fingerprint density at radius 2 is 1.31 bits per heavy atom. The fourth-order valence-electron chi connectivity index (χ4n) is 6.24. The number of fused-ring (bicyclic) bond motifs is 4. The molecule has 0 saturated carbocycles. The summed E-state index contributed by atoms with van der Waals surface area (Å²) in [6, 6.07) is 28.8. The summed E-state index contributed by atoms with van der Waals surface area (Å²) in [5.74, 6) is -0.737. The highest BCUT2D eigenvalue weighted by atomic mass is 16.6. The van der Waals surface area contributed by atoms with Gasteiger partial charge in [-0.25, -0.2) is 9.48 Å². The molecule has 0 aliphatic carbocycles. The number of carbonyl (C=O) groups excluding carboxylic acids is 2. The van der Waals surface area contributed by atoms with E-state index in [1.54, 1.807) is 10.9 Å². The molecule has 1 amide bonds. The summed E-state index contributed by atoms with van der Waals surface area (Å²) in [5, 5.41) is 11.5. The van der Waals surface area contributed by atoms with Gasteiger partial charge in [0.2, 0.25) is 5.91 Å². The van der Waals surface area contributed by atoms with Crippen molar-refractivity contribution < 1.29 is 33.3 Å². The molecule has 4 bridgehead atoms. The Morgan fingerprint density at radius 1 is 0.776 bits per heavy atom. The molecular formula is C38H44N4O7. The third-order valence-corrected chi connectivity index (χ3v) is 8.61. The van der Waals surface area contributed by atoms with Crippen molar-refractivity contribution in [1.82, 2.24) is 20.3 Å². The van der Waals surface area contributed by atoms with Crippen LogP contribution in [0.2, 0.25) is 0 Å². The molecule has 6 atom stereocenters. The van der Waals surface area contributed by atoms with Crippen LogP contribution in [0.3, 0.4) is 0 Å². The molecule has 6 rings (SSSR count). The van der Waals surface area contributed by atoms with Crippen molar-refractivity contribution in [2.75, 3.05) is 0 Å². The fourth-order valence-corrected chi connectivity index (χ4v) is 6.24. The molecule has 2 aliphatic rings. The van der Waals surface area contributed by atoms with Crippen molar-refractivity contribution in [2.24, 2.45) is 5.92 Å². The average molecular weight is 669 g/mol. The number of cyclic esters (lactones) is 1. The van der Waals surface area contributed by atoms with E-state index >= 15 is 0 Å². The Morgan fingerprint density at radius 3 is 1.86 bits per heavy atom. The van der Waals surface area contributed by atoms with E-state index in [2.05, 4.69) is 15.6 Å². The van der Waals surface area contributed by atoms with E-state index in [1.807, 2.05) is 105 Å². The summed E-state index contributed by atoms with van der Waals surface area (Å²) in [6.45, 7) is 5.04. The summed E-state index contributed by atoms with van der Waals surface area (Å²) in [6.07, 6.45) is -1.22. The lowest BCUT2D eigenvalue weighted by molar-refractivity contribution is -0.267. The Balaban J connectivity index is 1.37. The van der Waals surface area contributed by atoms with Gasteiger partial charge in [0.05, 0.1) is 45.1 Å². The summed E-state index contributed by atoms with van der Waals surface area (Å²) in [7, 11) is 0. The number of rotatable bonds is 11. The molecule has 11 heteroatoms. The van der Waals surface area contributed by atoms with Crippen molar-refractivity contribution >= 4 is 11.9 Å². The summed E-state index contributed by atoms with van der Waals surface area (Å²) in [4.78, 5) is 26.9. The molecule has 2 aliphatic heterocycles. The van der Waals surface area contributed by atoms with Crippen LogP contribution in [0.4, 0.5) is 0 Å². The Kier molecular flexibility index (Phi) is 11.8. The minimum absolute atomic E-state index is 0.0659. The van der Waals surface area contributed by atoms with E-state index in [1.165, 1.54) is 0 Å².